The van der Waals surface area contributed by atoms with Gasteiger partial charge in [-0.05, 0) is 24.3 Å². The Bertz CT molecular complexity index is 767. The van der Waals surface area contributed by atoms with E-state index in [1.807, 2.05) is 0 Å². The topological polar surface area (TPSA) is 49.9 Å². The number of amides is 2. The molecule has 0 radical (unpaired) electrons. The first-order valence-electron chi connectivity index (χ1n) is 6.84. The molecule has 0 aliphatic carbocycles. The highest BCUT2D eigenvalue weighted by atomic mass is 19.1. The van der Waals surface area contributed by atoms with Gasteiger partial charge in [0.1, 0.15) is 17.4 Å². The minimum atomic E-state index is -0.667. The van der Waals surface area contributed by atoms with Gasteiger partial charge >= 0.3 is 6.03 Å². The summed E-state index contributed by atoms with van der Waals surface area (Å²) in [6.45, 7) is 0.816. The van der Waals surface area contributed by atoms with Gasteiger partial charge in [-0.1, -0.05) is 6.07 Å². The molecule has 2 aromatic carbocycles. The molecule has 1 aliphatic rings. The molecular formula is C16H12F2N2O3. The Morgan fingerprint density at radius 1 is 1.04 bits per heavy atom. The van der Waals surface area contributed by atoms with Gasteiger partial charge in [0.05, 0.1) is 5.69 Å². The molecule has 0 saturated carbocycles. The smallest absolute Gasteiger partial charge is 0.329 e. The zero-order chi connectivity index (χ0) is 16.4. The lowest BCUT2D eigenvalue weighted by molar-refractivity contribution is -0.120. The summed E-state index contributed by atoms with van der Waals surface area (Å²) in [5.74, 6) is -0.991. The molecular weight excluding hydrogens is 306 g/mol. The molecule has 0 bridgehead atoms. The van der Waals surface area contributed by atoms with Crippen molar-refractivity contribution in [1.29, 1.82) is 0 Å². The zero-order valence-electron chi connectivity index (χ0n) is 11.9. The second-order valence-electron chi connectivity index (χ2n) is 4.89. The van der Waals surface area contributed by atoms with E-state index in [0.29, 0.717) is 24.5 Å². The quantitative estimate of drug-likeness (QED) is 0.815. The summed E-state index contributed by atoms with van der Waals surface area (Å²) in [4.78, 5) is 25.5. The molecule has 2 aromatic rings. The summed E-state index contributed by atoms with van der Waals surface area (Å²) in [6, 6.07) is 8.89. The minimum Gasteiger partial charge on any atom is -0.429 e. The molecule has 0 aromatic heterocycles. The molecule has 1 fully saturated rings. The van der Waals surface area contributed by atoms with Crippen LogP contribution < -0.4 is 14.5 Å². The van der Waals surface area contributed by atoms with Crippen LogP contribution in [0.5, 0.6) is 5.75 Å². The molecule has 2 amide bonds. The van der Waals surface area contributed by atoms with Gasteiger partial charge in [-0.3, -0.25) is 14.6 Å². The van der Waals surface area contributed by atoms with Crippen LogP contribution in [0.15, 0.2) is 42.5 Å². The largest absolute Gasteiger partial charge is 0.429 e. The number of anilines is 2. The van der Waals surface area contributed by atoms with E-state index in [0.717, 1.165) is 18.2 Å². The van der Waals surface area contributed by atoms with Crippen molar-refractivity contribution in [1.82, 2.24) is 0 Å². The van der Waals surface area contributed by atoms with E-state index >= 15 is 0 Å². The van der Waals surface area contributed by atoms with Crippen molar-refractivity contribution in [3.8, 4) is 5.75 Å². The molecule has 5 nitrogen and oxygen atoms in total. The van der Waals surface area contributed by atoms with Gasteiger partial charge in [0, 0.05) is 30.9 Å². The van der Waals surface area contributed by atoms with Gasteiger partial charge in [-0.2, -0.15) is 0 Å². The Labute approximate surface area is 130 Å². The third kappa shape index (κ3) is 2.85. The van der Waals surface area contributed by atoms with Crippen molar-refractivity contribution in [3.05, 3.63) is 54.1 Å². The first kappa shape index (κ1) is 15.0. The van der Waals surface area contributed by atoms with Gasteiger partial charge in [0.25, 0.3) is 6.47 Å². The van der Waals surface area contributed by atoms with Gasteiger partial charge in [0.15, 0.2) is 0 Å². The van der Waals surface area contributed by atoms with Crippen molar-refractivity contribution in [2.45, 2.75) is 0 Å². The number of carbonyl (C=O) groups excluding carboxylic acids is 2. The van der Waals surface area contributed by atoms with E-state index in [4.69, 9.17) is 4.74 Å². The molecule has 0 atom stereocenters. The van der Waals surface area contributed by atoms with Crippen LogP contribution in [0.1, 0.15) is 0 Å². The predicted molar refractivity (Wildman–Crippen MR) is 79.6 cm³/mol. The summed E-state index contributed by atoms with van der Waals surface area (Å²) < 4.78 is 31.9. The van der Waals surface area contributed by atoms with Crippen LogP contribution in [0.25, 0.3) is 0 Å². The number of hydrogen-bond donors (Lipinski definition) is 0. The lowest BCUT2D eigenvalue weighted by Gasteiger charge is -2.19. The molecule has 118 valence electrons. The summed E-state index contributed by atoms with van der Waals surface area (Å²) in [7, 11) is 0. The molecule has 0 N–H and O–H groups in total. The number of ether oxygens (including phenoxy) is 1. The average Bonchev–Trinajstić information content (AvgIpc) is 2.92. The second-order valence-corrected chi connectivity index (χ2v) is 4.89. The monoisotopic (exact) mass is 318 g/mol. The maximum absolute atomic E-state index is 13.9. The van der Waals surface area contributed by atoms with Crippen molar-refractivity contribution >= 4 is 23.9 Å². The predicted octanol–water partition coefficient (Wildman–Crippen LogP) is 2.95. The Hall–Kier alpha value is -2.96. The van der Waals surface area contributed by atoms with Gasteiger partial charge in [0.2, 0.25) is 0 Å². The van der Waals surface area contributed by atoms with E-state index in [9.17, 15) is 18.4 Å². The Morgan fingerprint density at radius 2 is 1.83 bits per heavy atom. The van der Waals surface area contributed by atoms with Crippen LogP contribution in [0.3, 0.4) is 0 Å². The molecule has 23 heavy (non-hydrogen) atoms. The molecule has 7 heteroatoms. The van der Waals surface area contributed by atoms with Gasteiger partial charge < -0.3 is 4.74 Å². The van der Waals surface area contributed by atoms with E-state index in [-0.39, 0.29) is 12.2 Å². The SMILES string of the molecule is O=COc1cccc(N2CCN(c3cc(F)ccc3F)C2=O)c1. The number of halogens is 2. The van der Waals surface area contributed by atoms with Crippen LogP contribution in [-0.4, -0.2) is 25.6 Å². The van der Waals surface area contributed by atoms with Crippen molar-refractivity contribution in [2.75, 3.05) is 22.9 Å². The lowest BCUT2D eigenvalue weighted by Crippen LogP contribution is -2.32. The Balaban J connectivity index is 1.88. The summed E-state index contributed by atoms with van der Waals surface area (Å²) >= 11 is 0. The summed E-state index contributed by atoms with van der Waals surface area (Å²) in [5, 5.41) is 0. The molecule has 0 unspecified atom stereocenters. The second kappa shape index (κ2) is 6.04. The first-order chi connectivity index (χ1) is 11.1. The summed E-state index contributed by atoms with van der Waals surface area (Å²) in [5.41, 5.74) is 0.409. The third-order valence-corrected chi connectivity index (χ3v) is 3.52. The van der Waals surface area contributed by atoms with E-state index < -0.39 is 17.7 Å². The van der Waals surface area contributed by atoms with Crippen LogP contribution in [0.4, 0.5) is 25.0 Å². The number of carbonyl (C=O) groups is 2. The zero-order valence-corrected chi connectivity index (χ0v) is 11.9. The van der Waals surface area contributed by atoms with Crippen molar-refractivity contribution in [3.63, 3.8) is 0 Å². The maximum atomic E-state index is 13.9. The normalized spacial score (nSPS) is 14.3. The number of benzene rings is 2. The fraction of sp³-hybridized carbons (Fsp3) is 0.125. The first-order valence-corrected chi connectivity index (χ1v) is 6.84. The van der Waals surface area contributed by atoms with E-state index in [1.165, 1.54) is 15.9 Å². The number of hydrogen-bond acceptors (Lipinski definition) is 3. The highest BCUT2D eigenvalue weighted by molar-refractivity contribution is 6.06. The van der Waals surface area contributed by atoms with Crippen molar-refractivity contribution in [2.24, 2.45) is 0 Å². The molecule has 0 spiro atoms. The molecule has 1 aliphatic heterocycles. The van der Waals surface area contributed by atoms with Crippen LogP contribution >= 0.6 is 0 Å². The standard InChI is InChI=1S/C16H12F2N2O3/c17-11-4-5-14(18)15(8-11)20-7-6-19(16(20)22)12-2-1-3-13(9-12)23-10-21/h1-5,8-10H,6-7H2. The minimum absolute atomic E-state index is 0.0993. The molecule has 1 saturated heterocycles. The molecule has 1 heterocycles. The fourth-order valence-corrected chi connectivity index (χ4v) is 2.47. The number of nitrogens with zero attached hydrogens (tertiary/aromatic N) is 2. The van der Waals surface area contributed by atoms with Gasteiger partial charge in [-0.25, -0.2) is 13.6 Å². The van der Waals surface area contributed by atoms with Crippen LogP contribution in [0, 0.1) is 11.6 Å². The average molecular weight is 318 g/mol. The molecule has 3 rings (SSSR count). The van der Waals surface area contributed by atoms with E-state index in [1.54, 1.807) is 18.2 Å². The van der Waals surface area contributed by atoms with Crippen LogP contribution in [0.2, 0.25) is 0 Å². The summed E-state index contributed by atoms with van der Waals surface area (Å²) in [6.07, 6.45) is 0. The Kier molecular flexibility index (Phi) is 3.92. The highest BCUT2D eigenvalue weighted by Crippen LogP contribution is 2.29. The fourth-order valence-electron chi connectivity index (χ4n) is 2.47. The van der Waals surface area contributed by atoms with Crippen molar-refractivity contribution < 1.29 is 23.1 Å². The third-order valence-electron chi connectivity index (χ3n) is 3.52. The number of urea groups is 1. The Morgan fingerprint density at radius 3 is 2.61 bits per heavy atom. The van der Waals surface area contributed by atoms with Crippen LogP contribution in [-0.2, 0) is 4.79 Å². The van der Waals surface area contributed by atoms with E-state index in [2.05, 4.69) is 0 Å². The lowest BCUT2D eigenvalue weighted by atomic mass is 10.2. The maximum Gasteiger partial charge on any atom is 0.329 e. The van der Waals surface area contributed by atoms with Gasteiger partial charge in [-0.15, -0.1) is 0 Å². The number of rotatable bonds is 4. The highest BCUT2D eigenvalue weighted by Gasteiger charge is 2.32.